The summed E-state index contributed by atoms with van der Waals surface area (Å²) in [5, 5.41) is 0. The van der Waals surface area contributed by atoms with Gasteiger partial charge < -0.3 is 14.9 Å². The van der Waals surface area contributed by atoms with E-state index in [0.717, 1.165) is 24.5 Å². The van der Waals surface area contributed by atoms with Crippen LogP contribution in [0.4, 0.5) is 0 Å². The van der Waals surface area contributed by atoms with E-state index in [2.05, 4.69) is 6.92 Å². The van der Waals surface area contributed by atoms with Gasteiger partial charge in [0, 0.05) is 12.6 Å². The van der Waals surface area contributed by atoms with Crippen LogP contribution in [0.1, 0.15) is 50.7 Å². The van der Waals surface area contributed by atoms with E-state index in [1.54, 1.807) is 0 Å². The molecule has 0 aliphatic rings. The molecule has 0 amide bonds. The first kappa shape index (κ1) is 13.3. The van der Waals surface area contributed by atoms with Gasteiger partial charge in [-0.15, -0.1) is 0 Å². The van der Waals surface area contributed by atoms with Crippen molar-refractivity contribution in [2.24, 2.45) is 5.73 Å². The highest BCUT2D eigenvalue weighted by Crippen LogP contribution is 2.22. The second kappa shape index (κ2) is 6.71. The Hall–Kier alpha value is -0.800. The summed E-state index contributed by atoms with van der Waals surface area (Å²) in [4.78, 5) is 0. The van der Waals surface area contributed by atoms with Crippen LogP contribution in [0.3, 0.4) is 0 Å². The first-order valence-corrected chi connectivity index (χ1v) is 6.08. The molecule has 0 aliphatic carbocycles. The van der Waals surface area contributed by atoms with Gasteiger partial charge in [0.25, 0.3) is 0 Å². The van der Waals surface area contributed by atoms with Crippen molar-refractivity contribution in [3.8, 4) is 0 Å². The van der Waals surface area contributed by atoms with E-state index in [-0.39, 0.29) is 12.1 Å². The van der Waals surface area contributed by atoms with E-state index in [0.29, 0.717) is 0 Å². The van der Waals surface area contributed by atoms with Crippen molar-refractivity contribution < 1.29 is 9.15 Å². The van der Waals surface area contributed by atoms with Gasteiger partial charge >= 0.3 is 0 Å². The molecule has 0 saturated carbocycles. The molecule has 1 rings (SSSR count). The minimum Gasteiger partial charge on any atom is -0.464 e. The Kier molecular flexibility index (Phi) is 5.56. The second-order valence-electron chi connectivity index (χ2n) is 4.31. The van der Waals surface area contributed by atoms with Crippen molar-refractivity contribution in [3.05, 3.63) is 23.7 Å². The molecule has 0 radical (unpaired) electrons. The number of aryl methyl sites for hydroxylation is 1. The lowest BCUT2D eigenvalue weighted by atomic mass is 10.1. The third-order valence-corrected chi connectivity index (χ3v) is 2.56. The molecule has 0 aliphatic heterocycles. The van der Waals surface area contributed by atoms with Crippen molar-refractivity contribution in [2.45, 2.75) is 52.2 Å². The van der Waals surface area contributed by atoms with Crippen LogP contribution in [-0.2, 0) is 4.74 Å². The number of ether oxygens (including phenoxy) is 1. The van der Waals surface area contributed by atoms with E-state index < -0.39 is 0 Å². The monoisotopic (exact) mass is 225 g/mol. The van der Waals surface area contributed by atoms with Gasteiger partial charge in [-0.05, 0) is 32.4 Å². The Bertz CT molecular complexity index is 294. The maximum absolute atomic E-state index is 5.91. The van der Waals surface area contributed by atoms with Gasteiger partial charge in [-0.2, -0.15) is 0 Å². The van der Waals surface area contributed by atoms with Gasteiger partial charge in [-0.25, -0.2) is 0 Å². The molecule has 1 heterocycles. The molecule has 1 aromatic rings. The average molecular weight is 225 g/mol. The fourth-order valence-corrected chi connectivity index (χ4v) is 1.66. The Morgan fingerprint density at radius 3 is 2.62 bits per heavy atom. The van der Waals surface area contributed by atoms with Crippen LogP contribution in [0.5, 0.6) is 0 Å². The molecular formula is C13H23NO2. The van der Waals surface area contributed by atoms with E-state index in [9.17, 15) is 0 Å². The zero-order valence-corrected chi connectivity index (χ0v) is 10.5. The van der Waals surface area contributed by atoms with Crippen molar-refractivity contribution in [1.82, 2.24) is 0 Å². The summed E-state index contributed by atoms with van der Waals surface area (Å²) in [6.07, 6.45) is 3.36. The molecule has 2 N–H and O–H groups in total. The van der Waals surface area contributed by atoms with Crippen molar-refractivity contribution in [2.75, 3.05) is 6.61 Å². The number of nitrogens with two attached hydrogens (primary N) is 1. The number of hydrogen-bond acceptors (Lipinski definition) is 3. The normalized spacial score (nSPS) is 15.0. The maximum atomic E-state index is 5.91. The Labute approximate surface area is 98.0 Å². The third-order valence-electron chi connectivity index (χ3n) is 2.56. The van der Waals surface area contributed by atoms with Gasteiger partial charge in [-0.3, -0.25) is 0 Å². The van der Waals surface area contributed by atoms with Gasteiger partial charge in [0.05, 0.1) is 0 Å². The van der Waals surface area contributed by atoms with E-state index in [1.165, 1.54) is 12.8 Å². The second-order valence-corrected chi connectivity index (χ2v) is 4.31. The molecule has 3 heteroatoms. The van der Waals surface area contributed by atoms with Crippen LogP contribution in [0.25, 0.3) is 0 Å². The molecular weight excluding hydrogens is 202 g/mol. The van der Waals surface area contributed by atoms with Crippen LogP contribution >= 0.6 is 0 Å². The summed E-state index contributed by atoms with van der Waals surface area (Å²) in [6.45, 7) is 6.81. The third kappa shape index (κ3) is 3.99. The highest BCUT2D eigenvalue weighted by Gasteiger charge is 2.19. The molecule has 0 spiro atoms. The van der Waals surface area contributed by atoms with Crippen LogP contribution in [0.15, 0.2) is 16.5 Å². The maximum Gasteiger partial charge on any atom is 0.134 e. The fourth-order valence-electron chi connectivity index (χ4n) is 1.66. The predicted octanol–water partition coefficient (Wildman–Crippen LogP) is 3.18. The van der Waals surface area contributed by atoms with Crippen LogP contribution in [0.2, 0.25) is 0 Å². The minimum atomic E-state index is -0.120. The first-order valence-electron chi connectivity index (χ1n) is 6.08. The molecule has 0 bridgehead atoms. The molecule has 0 saturated heterocycles. The minimum absolute atomic E-state index is 0.0489. The van der Waals surface area contributed by atoms with Crippen LogP contribution < -0.4 is 5.73 Å². The smallest absolute Gasteiger partial charge is 0.134 e. The standard InChI is InChI=1S/C13H23NO2/c1-4-5-6-9-15-13(11(3)14)12-8-7-10(2)16-12/h7-8,11,13H,4-6,9,14H2,1-3H3. The summed E-state index contributed by atoms with van der Waals surface area (Å²) in [5.41, 5.74) is 5.91. The van der Waals surface area contributed by atoms with E-state index in [1.807, 2.05) is 26.0 Å². The predicted molar refractivity (Wildman–Crippen MR) is 65.3 cm³/mol. The highest BCUT2D eigenvalue weighted by atomic mass is 16.5. The lowest BCUT2D eigenvalue weighted by molar-refractivity contribution is 0.0213. The van der Waals surface area contributed by atoms with Crippen LogP contribution in [0, 0.1) is 6.92 Å². The zero-order chi connectivity index (χ0) is 12.0. The quantitative estimate of drug-likeness (QED) is 0.725. The summed E-state index contributed by atoms with van der Waals surface area (Å²) in [5.74, 6) is 1.74. The van der Waals surface area contributed by atoms with E-state index >= 15 is 0 Å². The largest absolute Gasteiger partial charge is 0.464 e. The Morgan fingerprint density at radius 1 is 1.38 bits per heavy atom. The molecule has 2 unspecified atom stereocenters. The van der Waals surface area contributed by atoms with Crippen molar-refractivity contribution in [1.29, 1.82) is 0 Å². The van der Waals surface area contributed by atoms with Crippen molar-refractivity contribution >= 4 is 0 Å². The van der Waals surface area contributed by atoms with Gasteiger partial charge in [0.2, 0.25) is 0 Å². The topological polar surface area (TPSA) is 48.4 Å². The van der Waals surface area contributed by atoms with E-state index in [4.69, 9.17) is 14.9 Å². The van der Waals surface area contributed by atoms with Crippen molar-refractivity contribution in [3.63, 3.8) is 0 Å². The molecule has 3 nitrogen and oxygen atoms in total. The number of unbranched alkanes of at least 4 members (excludes halogenated alkanes) is 2. The highest BCUT2D eigenvalue weighted by molar-refractivity contribution is 5.09. The molecule has 16 heavy (non-hydrogen) atoms. The summed E-state index contributed by atoms with van der Waals surface area (Å²) >= 11 is 0. The average Bonchev–Trinajstić information content (AvgIpc) is 2.64. The van der Waals surface area contributed by atoms with Gasteiger partial charge in [0.15, 0.2) is 0 Å². The lowest BCUT2D eigenvalue weighted by Gasteiger charge is -2.19. The number of furan rings is 1. The van der Waals surface area contributed by atoms with Gasteiger partial charge in [-0.1, -0.05) is 19.8 Å². The number of hydrogen-bond donors (Lipinski definition) is 1. The Morgan fingerprint density at radius 2 is 2.12 bits per heavy atom. The molecule has 2 atom stereocenters. The molecule has 0 fully saturated rings. The van der Waals surface area contributed by atoms with Crippen LogP contribution in [-0.4, -0.2) is 12.6 Å². The fraction of sp³-hybridized carbons (Fsp3) is 0.692. The number of rotatable bonds is 7. The molecule has 0 aromatic carbocycles. The Balaban J connectivity index is 2.48. The zero-order valence-electron chi connectivity index (χ0n) is 10.5. The lowest BCUT2D eigenvalue weighted by Crippen LogP contribution is -2.27. The SMILES string of the molecule is CCCCCOC(c1ccc(C)o1)C(C)N. The summed E-state index contributed by atoms with van der Waals surface area (Å²) in [7, 11) is 0. The van der Waals surface area contributed by atoms with Gasteiger partial charge in [0.1, 0.15) is 17.6 Å². The summed E-state index contributed by atoms with van der Waals surface area (Å²) < 4.78 is 11.3. The molecule has 92 valence electrons. The first-order chi connectivity index (χ1) is 7.65. The molecule has 1 aromatic heterocycles. The summed E-state index contributed by atoms with van der Waals surface area (Å²) in [6, 6.07) is 3.84.